The number of anilines is 1. The summed E-state index contributed by atoms with van der Waals surface area (Å²) in [6.45, 7) is 1.63. The highest BCUT2D eigenvalue weighted by Crippen LogP contribution is 2.21. The van der Waals surface area contributed by atoms with Crippen LogP contribution in [0, 0.1) is 12.7 Å². The highest BCUT2D eigenvalue weighted by Gasteiger charge is 2.12. The average Bonchev–Trinajstić information content (AvgIpc) is 3.20. The third-order valence-electron chi connectivity index (χ3n) is 4.36. The van der Waals surface area contributed by atoms with Gasteiger partial charge in [-0.2, -0.15) is 0 Å². The van der Waals surface area contributed by atoms with Crippen LogP contribution in [0.3, 0.4) is 0 Å². The van der Waals surface area contributed by atoms with E-state index in [0.717, 1.165) is 11.4 Å². The highest BCUT2D eigenvalue weighted by atomic mass is 19.1. The third kappa shape index (κ3) is 4.06. The molecule has 30 heavy (non-hydrogen) atoms. The van der Waals surface area contributed by atoms with Crippen LogP contribution < -0.4 is 5.32 Å². The van der Waals surface area contributed by atoms with Crippen molar-refractivity contribution in [3.63, 3.8) is 0 Å². The molecule has 0 fully saturated rings. The van der Waals surface area contributed by atoms with Gasteiger partial charge in [-0.3, -0.25) is 4.79 Å². The summed E-state index contributed by atoms with van der Waals surface area (Å²) in [5, 5.41) is 20.4. The number of nitrogens with one attached hydrogen (secondary N) is 1. The molecule has 0 saturated heterocycles. The van der Waals surface area contributed by atoms with Gasteiger partial charge in [-0.15, -0.1) is 10.2 Å². The molecule has 3 aromatic heterocycles. The molecule has 0 bridgehead atoms. The van der Waals surface area contributed by atoms with Crippen molar-refractivity contribution in [3.8, 4) is 17.1 Å². The van der Waals surface area contributed by atoms with Crippen molar-refractivity contribution in [1.29, 1.82) is 0 Å². The maximum Gasteiger partial charge on any atom is 0.256 e. The zero-order chi connectivity index (χ0) is 21.1. The van der Waals surface area contributed by atoms with E-state index in [4.69, 9.17) is 0 Å². The first-order chi connectivity index (χ1) is 14.5. The lowest BCUT2D eigenvalue weighted by Gasteiger charge is -2.10. The van der Waals surface area contributed by atoms with Crippen LogP contribution in [0.2, 0.25) is 0 Å². The van der Waals surface area contributed by atoms with Gasteiger partial charge in [0.2, 0.25) is 0 Å². The van der Waals surface area contributed by atoms with Crippen LogP contribution in [-0.2, 0) is 6.61 Å². The van der Waals surface area contributed by atoms with E-state index < -0.39 is 11.7 Å². The molecule has 2 N–H and O–H groups in total. The van der Waals surface area contributed by atoms with Crippen LogP contribution in [-0.4, -0.2) is 35.7 Å². The molecule has 0 atom stereocenters. The molecule has 0 spiro atoms. The number of imidazole rings is 1. The van der Waals surface area contributed by atoms with Gasteiger partial charge in [-0.05, 0) is 55.5 Å². The smallest absolute Gasteiger partial charge is 0.256 e. The molecule has 150 valence electrons. The molecule has 4 aromatic rings. The number of carbonyl (C=O) groups excluding carboxylic acids is 1. The van der Waals surface area contributed by atoms with Crippen LogP contribution in [0.1, 0.15) is 21.7 Å². The number of hydrogen-bond acceptors (Lipinski definition) is 6. The maximum atomic E-state index is 13.0. The lowest BCUT2D eigenvalue weighted by molar-refractivity contribution is 0.102. The fourth-order valence-corrected chi connectivity index (χ4v) is 2.87. The molecule has 1 aromatic carbocycles. The van der Waals surface area contributed by atoms with Gasteiger partial charge < -0.3 is 15.0 Å². The highest BCUT2D eigenvalue weighted by molar-refractivity contribution is 6.03. The molecule has 0 radical (unpaired) electrons. The molecule has 0 aliphatic rings. The number of benzene rings is 1. The number of halogens is 1. The second-order valence-corrected chi connectivity index (χ2v) is 6.51. The van der Waals surface area contributed by atoms with Crippen molar-refractivity contribution >= 4 is 11.7 Å². The third-order valence-corrected chi connectivity index (χ3v) is 4.36. The number of pyridine rings is 1. The lowest BCUT2D eigenvalue weighted by Crippen LogP contribution is -2.13. The number of hydrogen-bond donors (Lipinski definition) is 2. The molecule has 0 unspecified atom stereocenters. The van der Waals surface area contributed by atoms with Crippen LogP contribution in [0.5, 0.6) is 0 Å². The zero-order valence-corrected chi connectivity index (χ0v) is 16.0. The number of aliphatic hydroxyl groups is 1. The van der Waals surface area contributed by atoms with Gasteiger partial charge in [-0.1, -0.05) is 0 Å². The largest absolute Gasteiger partial charge is 0.390 e. The van der Waals surface area contributed by atoms with Crippen LogP contribution in [0.25, 0.3) is 17.1 Å². The minimum absolute atomic E-state index is 0.250. The second-order valence-electron chi connectivity index (χ2n) is 6.51. The Bertz CT molecular complexity index is 1190. The Morgan fingerprint density at radius 3 is 2.47 bits per heavy atom. The Morgan fingerprint density at radius 2 is 1.83 bits per heavy atom. The van der Waals surface area contributed by atoms with Crippen LogP contribution in [0.4, 0.5) is 10.2 Å². The normalized spacial score (nSPS) is 10.8. The first-order valence-corrected chi connectivity index (χ1v) is 9.06. The molecule has 4 rings (SSSR count). The van der Waals surface area contributed by atoms with E-state index in [9.17, 15) is 14.3 Å². The predicted molar refractivity (Wildman–Crippen MR) is 107 cm³/mol. The molecule has 8 nitrogen and oxygen atoms in total. The summed E-state index contributed by atoms with van der Waals surface area (Å²) in [5.74, 6) is -0.585. The summed E-state index contributed by atoms with van der Waals surface area (Å²) in [7, 11) is 0. The summed E-state index contributed by atoms with van der Waals surface area (Å²) in [6.07, 6.45) is 3.50. The predicted octanol–water partition coefficient (Wildman–Crippen LogP) is 2.92. The maximum absolute atomic E-state index is 13.0. The van der Waals surface area contributed by atoms with Gasteiger partial charge in [0, 0.05) is 11.8 Å². The monoisotopic (exact) mass is 404 g/mol. The van der Waals surface area contributed by atoms with Crippen molar-refractivity contribution in [2.45, 2.75) is 13.5 Å². The van der Waals surface area contributed by atoms with Crippen molar-refractivity contribution in [3.05, 3.63) is 83.8 Å². The lowest BCUT2D eigenvalue weighted by atomic mass is 10.2. The van der Waals surface area contributed by atoms with E-state index >= 15 is 0 Å². The number of nitrogens with zero attached hydrogens (tertiary/aromatic N) is 5. The zero-order valence-electron chi connectivity index (χ0n) is 16.0. The molecule has 0 aliphatic heterocycles. The van der Waals surface area contributed by atoms with Gasteiger partial charge >= 0.3 is 0 Å². The Balaban J connectivity index is 1.53. The first-order valence-electron chi connectivity index (χ1n) is 9.06. The Hall–Kier alpha value is -3.98. The molecular weight excluding hydrogens is 387 g/mol. The molecule has 1 amide bonds. The Kier molecular flexibility index (Phi) is 5.27. The number of carbonyl (C=O) groups is 1. The summed E-state index contributed by atoms with van der Waals surface area (Å²) in [4.78, 5) is 20.8. The van der Waals surface area contributed by atoms with Gasteiger partial charge in [0.15, 0.2) is 5.82 Å². The van der Waals surface area contributed by atoms with Crippen LogP contribution >= 0.6 is 0 Å². The van der Waals surface area contributed by atoms with Gasteiger partial charge in [0.25, 0.3) is 5.91 Å². The summed E-state index contributed by atoms with van der Waals surface area (Å²) in [6, 6.07) is 12.0. The average molecular weight is 404 g/mol. The van der Waals surface area contributed by atoms with E-state index in [1.807, 2.05) is 19.2 Å². The summed E-state index contributed by atoms with van der Waals surface area (Å²) < 4.78 is 14.8. The van der Waals surface area contributed by atoms with E-state index in [2.05, 4.69) is 25.5 Å². The standard InChI is InChI=1S/C21H17FN6O2/c1-13-10-28(12-23-13)19-8-6-16(24-18(19)11-29)17-7-9-20(27-26-17)25-21(30)14-2-4-15(22)5-3-14/h2-10,12,29H,11H2,1H3,(H,25,27,30). The van der Waals surface area contributed by atoms with E-state index in [-0.39, 0.29) is 12.4 Å². The van der Waals surface area contributed by atoms with E-state index in [0.29, 0.717) is 22.6 Å². The fraction of sp³-hybridized carbons (Fsp3) is 0.0952. The summed E-state index contributed by atoms with van der Waals surface area (Å²) >= 11 is 0. The molecule has 9 heteroatoms. The first kappa shape index (κ1) is 19.3. The van der Waals surface area contributed by atoms with Crippen molar-refractivity contribution in [1.82, 2.24) is 24.7 Å². The van der Waals surface area contributed by atoms with E-state index in [1.54, 1.807) is 29.1 Å². The van der Waals surface area contributed by atoms with E-state index in [1.165, 1.54) is 24.3 Å². The molecule has 3 heterocycles. The molecule has 0 aliphatic carbocycles. The van der Waals surface area contributed by atoms with Crippen LogP contribution in [0.15, 0.2) is 61.1 Å². The molecular formula is C21H17FN6O2. The van der Waals surface area contributed by atoms with Crippen molar-refractivity contribution < 1.29 is 14.3 Å². The van der Waals surface area contributed by atoms with Crippen molar-refractivity contribution in [2.24, 2.45) is 0 Å². The molecule has 0 saturated carbocycles. The quantitative estimate of drug-likeness (QED) is 0.530. The Labute approximate surface area is 171 Å². The second kappa shape index (κ2) is 8.18. The fourth-order valence-electron chi connectivity index (χ4n) is 2.87. The summed E-state index contributed by atoms with van der Waals surface area (Å²) in [5.41, 5.74) is 3.37. The van der Waals surface area contributed by atoms with Gasteiger partial charge in [0.05, 0.1) is 35.7 Å². The van der Waals surface area contributed by atoms with Gasteiger partial charge in [0.1, 0.15) is 11.5 Å². The minimum Gasteiger partial charge on any atom is -0.390 e. The Morgan fingerprint density at radius 1 is 1.07 bits per heavy atom. The number of aromatic nitrogens is 5. The van der Waals surface area contributed by atoms with Crippen molar-refractivity contribution in [2.75, 3.05) is 5.32 Å². The van der Waals surface area contributed by atoms with Gasteiger partial charge in [-0.25, -0.2) is 14.4 Å². The number of rotatable bonds is 5. The minimum atomic E-state index is -0.419. The number of aryl methyl sites for hydroxylation is 1. The topological polar surface area (TPSA) is 106 Å². The SMILES string of the molecule is Cc1cn(-c2ccc(-c3ccc(NC(=O)c4ccc(F)cc4)nn3)nc2CO)cn1. The number of amides is 1. The number of aliphatic hydroxyl groups excluding tert-OH is 1.